The first-order valence-electron chi connectivity index (χ1n) is 14.3. The summed E-state index contributed by atoms with van der Waals surface area (Å²) in [5, 5.41) is 10.3. The van der Waals surface area contributed by atoms with Crippen LogP contribution in [-0.2, 0) is 6.61 Å². The van der Waals surface area contributed by atoms with Crippen LogP contribution in [0.4, 0.5) is 13.2 Å². The average molecular weight is 553 g/mol. The first-order chi connectivity index (χ1) is 19.4. The minimum absolute atomic E-state index is 0.0351. The monoisotopic (exact) mass is 552 g/mol. The molecule has 0 radical (unpaired) electrons. The van der Waals surface area contributed by atoms with E-state index in [1.165, 1.54) is 6.07 Å². The van der Waals surface area contributed by atoms with E-state index < -0.39 is 17.5 Å². The molecule has 0 aliphatic heterocycles. The van der Waals surface area contributed by atoms with Crippen molar-refractivity contribution in [1.29, 1.82) is 0 Å². The van der Waals surface area contributed by atoms with Gasteiger partial charge in [-0.1, -0.05) is 49.8 Å². The van der Waals surface area contributed by atoms with Crippen molar-refractivity contribution in [2.75, 3.05) is 6.61 Å². The molecule has 1 aliphatic carbocycles. The summed E-state index contributed by atoms with van der Waals surface area (Å²) in [7, 11) is 0. The van der Waals surface area contributed by atoms with Gasteiger partial charge in [0, 0.05) is 5.56 Å². The van der Waals surface area contributed by atoms with Crippen molar-refractivity contribution in [2.45, 2.75) is 76.9 Å². The SMILES string of the molecule is C=CCCCOc1ccc(COc2ccc(-c3ccc(C4CCC(C(O)CCC)CC4)c(F)c3F)cc2)cc1F. The summed E-state index contributed by atoms with van der Waals surface area (Å²) in [5.74, 6) is -1.13. The molecule has 0 saturated heterocycles. The molecule has 3 nitrogen and oxygen atoms in total. The largest absolute Gasteiger partial charge is 0.491 e. The molecule has 0 aromatic heterocycles. The smallest absolute Gasteiger partial charge is 0.166 e. The Balaban J connectivity index is 1.34. The summed E-state index contributed by atoms with van der Waals surface area (Å²) in [4.78, 5) is 0. The lowest BCUT2D eigenvalue weighted by Crippen LogP contribution is -2.25. The van der Waals surface area contributed by atoms with E-state index in [2.05, 4.69) is 13.5 Å². The highest BCUT2D eigenvalue weighted by molar-refractivity contribution is 5.65. The van der Waals surface area contributed by atoms with Gasteiger partial charge < -0.3 is 14.6 Å². The lowest BCUT2D eigenvalue weighted by molar-refractivity contribution is 0.0727. The topological polar surface area (TPSA) is 38.7 Å². The van der Waals surface area contributed by atoms with E-state index >= 15 is 8.78 Å². The van der Waals surface area contributed by atoms with E-state index in [1.54, 1.807) is 54.6 Å². The van der Waals surface area contributed by atoms with Crippen LogP contribution in [0.2, 0.25) is 0 Å². The van der Waals surface area contributed by atoms with Gasteiger partial charge in [0.25, 0.3) is 0 Å². The van der Waals surface area contributed by atoms with Crippen molar-refractivity contribution in [3.05, 3.63) is 95.8 Å². The quantitative estimate of drug-likeness (QED) is 0.170. The van der Waals surface area contributed by atoms with Gasteiger partial charge in [-0.25, -0.2) is 13.2 Å². The molecule has 1 saturated carbocycles. The Kier molecular flexibility index (Phi) is 10.7. The molecule has 1 N–H and O–H groups in total. The molecular weight excluding hydrogens is 513 g/mol. The minimum atomic E-state index is -0.846. The van der Waals surface area contributed by atoms with E-state index in [1.807, 2.05) is 0 Å². The molecular formula is C34H39F3O3. The van der Waals surface area contributed by atoms with Crippen LogP contribution in [0.3, 0.4) is 0 Å². The first kappa shape index (κ1) is 29.7. The van der Waals surface area contributed by atoms with Crippen molar-refractivity contribution < 1.29 is 27.8 Å². The Hall–Kier alpha value is -3.25. The summed E-state index contributed by atoms with van der Waals surface area (Å²) in [5.41, 5.74) is 1.82. The third-order valence-corrected chi connectivity index (χ3v) is 7.83. The van der Waals surface area contributed by atoms with Crippen molar-refractivity contribution in [2.24, 2.45) is 5.92 Å². The molecule has 1 fully saturated rings. The lowest BCUT2D eigenvalue weighted by atomic mass is 9.75. The van der Waals surface area contributed by atoms with Crippen LogP contribution in [0.1, 0.15) is 75.3 Å². The highest BCUT2D eigenvalue weighted by atomic mass is 19.2. The zero-order valence-electron chi connectivity index (χ0n) is 23.2. The maximum absolute atomic E-state index is 15.2. The second-order valence-electron chi connectivity index (χ2n) is 10.7. The van der Waals surface area contributed by atoms with Gasteiger partial charge in [0.2, 0.25) is 0 Å². The lowest BCUT2D eigenvalue weighted by Gasteiger charge is -2.32. The number of hydrogen-bond acceptors (Lipinski definition) is 3. The molecule has 0 amide bonds. The third kappa shape index (κ3) is 7.48. The second-order valence-corrected chi connectivity index (χ2v) is 10.7. The molecule has 214 valence electrons. The number of rotatable bonds is 13. The number of allylic oxidation sites excluding steroid dienone is 1. The average Bonchev–Trinajstić information content (AvgIpc) is 2.97. The molecule has 40 heavy (non-hydrogen) atoms. The summed E-state index contributed by atoms with van der Waals surface area (Å²) in [6.45, 7) is 6.29. The van der Waals surface area contributed by atoms with Crippen LogP contribution < -0.4 is 9.47 Å². The maximum Gasteiger partial charge on any atom is 0.166 e. The van der Waals surface area contributed by atoms with Gasteiger partial charge in [0.05, 0.1) is 12.7 Å². The zero-order valence-corrected chi connectivity index (χ0v) is 23.2. The fraction of sp³-hybridized carbons (Fsp3) is 0.412. The zero-order chi connectivity index (χ0) is 28.5. The number of benzene rings is 3. The van der Waals surface area contributed by atoms with Crippen LogP contribution >= 0.6 is 0 Å². The molecule has 1 aliphatic rings. The normalized spacial score (nSPS) is 17.8. The highest BCUT2D eigenvalue weighted by Crippen LogP contribution is 2.40. The van der Waals surface area contributed by atoms with Crippen molar-refractivity contribution >= 4 is 0 Å². The Bertz CT molecular complexity index is 1250. The molecule has 0 spiro atoms. The summed E-state index contributed by atoms with van der Waals surface area (Å²) in [6, 6.07) is 14.8. The fourth-order valence-corrected chi connectivity index (χ4v) is 5.51. The van der Waals surface area contributed by atoms with Crippen LogP contribution in [0.25, 0.3) is 11.1 Å². The van der Waals surface area contributed by atoms with Crippen LogP contribution in [-0.4, -0.2) is 17.8 Å². The molecule has 4 rings (SSSR count). The number of ether oxygens (including phenoxy) is 2. The van der Waals surface area contributed by atoms with E-state index in [-0.39, 0.29) is 35.9 Å². The third-order valence-electron chi connectivity index (χ3n) is 7.83. The molecule has 0 bridgehead atoms. The number of aliphatic hydroxyl groups is 1. The summed E-state index contributed by atoms with van der Waals surface area (Å²) >= 11 is 0. The standard InChI is InChI=1S/C34H39F3O3/c1-3-5-6-20-39-32-19-8-23(21-30(32)35)22-40-27-15-13-25(14-16-27)29-18-17-28(33(36)34(29)37)24-9-11-26(12-10-24)31(38)7-4-2/h3,8,13-19,21,24,26,31,38H,1,4-7,9-12,20,22H2,2H3. The molecule has 1 atom stereocenters. The number of unbranched alkanes of at least 4 members (excludes halogenated alkanes) is 1. The van der Waals surface area contributed by atoms with E-state index in [0.717, 1.165) is 51.4 Å². The van der Waals surface area contributed by atoms with E-state index in [9.17, 15) is 9.50 Å². The van der Waals surface area contributed by atoms with E-state index in [4.69, 9.17) is 9.47 Å². The first-order valence-corrected chi connectivity index (χ1v) is 14.3. The fourth-order valence-electron chi connectivity index (χ4n) is 5.51. The van der Waals surface area contributed by atoms with Crippen LogP contribution in [0.15, 0.2) is 67.3 Å². The Morgan fingerprint density at radius 1 is 0.950 bits per heavy atom. The van der Waals surface area contributed by atoms with Gasteiger partial charge in [0.1, 0.15) is 12.4 Å². The number of halogens is 3. The Morgan fingerprint density at radius 3 is 2.38 bits per heavy atom. The Labute approximate surface area is 235 Å². The molecule has 6 heteroatoms. The number of hydrogen-bond donors (Lipinski definition) is 1. The predicted octanol–water partition coefficient (Wildman–Crippen LogP) is 9.13. The van der Waals surface area contributed by atoms with Crippen LogP contribution in [0, 0.1) is 23.4 Å². The van der Waals surface area contributed by atoms with Crippen molar-refractivity contribution in [1.82, 2.24) is 0 Å². The van der Waals surface area contributed by atoms with Crippen LogP contribution in [0.5, 0.6) is 11.5 Å². The predicted molar refractivity (Wildman–Crippen MR) is 153 cm³/mol. The number of aliphatic hydroxyl groups excluding tert-OH is 1. The molecule has 1 unspecified atom stereocenters. The molecule has 3 aromatic carbocycles. The van der Waals surface area contributed by atoms with E-state index in [0.29, 0.717) is 29.0 Å². The molecule has 0 heterocycles. The highest BCUT2D eigenvalue weighted by Gasteiger charge is 2.29. The van der Waals surface area contributed by atoms with Gasteiger partial charge in [-0.3, -0.25) is 0 Å². The van der Waals surface area contributed by atoms with Gasteiger partial charge in [-0.2, -0.15) is 0 Å². The summed E-state index contributed by atoms with van der Waals surface area (Å²) < 4.78 is 55.9. The Morgan fingerprint density at radius 2 is 1.70 bits per heavy atom. The summed E-state index contributed by atoms with van der Waals surface area (Å²) in [6.07, 6.45) is 7.97. The van der Waals surface area contributed by atoms with Gasteiger partial charge in [-0.15, -0.1) is 6.58 Å². The van der Waals surface area contributed by atoms with Crippen molar-refractivity contribution in [3.8, 4) is 22.6 Å². The second kappa shape index (κ2) is 14.4. The molecule has 3 aromatic rings. The van der Waals surface area contributed by atoms with Gasteiger partial charge in [0.15, 0.2) is 23.2 Å². The van der Waals surface area contributed by atoms with Gasteiger partial charge in [-0.05, 0) is 97.7 Å². The van der Waals surface area contributed by atoms with Gasteiger partial charge >= 0.3 is 0 Å². The maximum atomic E-state index is 15.2. The van der Waals surface area contributed by atoms with Crippen molar-refractivity contribution in [3.63, 3.8) is 0 Å². The minimum Gasteiger partial charge on any atom is -0.491 e.